The predicted molar refractivity (Wildman–Crippen MR) is 67.0 cm³/mol. The highest BCUT2D eigenvalue weighted by Gasteiger charge is 2.47. The zero-order valence-corrected chi connectivity index (χ0v) is 11.0. The number of rotatable bonds is 3. The number of nitriles is 1. The van der Waals surface area contributed by atoms with Crippen molar-refractivity contribution in [3.63, 3.8) is 0 Å². The lowest BCUT2D eigenvalue weighted by atomic mass is 10.1. The van der Waals surface area contributed by atoms with E-state index in [1.807, 2.05) is 6.07 Å². The maximum Gasteiger partial charge on any atom is 0.197 e. The molecule has 0 N–H and O–H groups in total. The van der Waals surface area contributed by atoms with Crippen molar-refractivity contribution in [3.05, 3.63) is 24.3 Å². The number of sulfone groups is 1. The van der Waals surface area contributed by atoms with Crippen LogP contribution in [-0.4, -0.2) is 20.3 Å². The van der Waals surface area contributed by atoms with Crippen LogP contribution in [0.5, 0.6) is 5.75 Å². The van der Waals surface area contributed by atoms with Crippen molar-refractivity contribution < 1.29 is 13.2 Å². The molecule has 0 spiro atoms. The first-order chi connectivity index (χ1) is 8.55. The van der Waals surface area contributed by atoms with Crippen molar-refractivity contribution in [2.45, 2.75) is 35.3 Å². The molecule has 0 amide bonds. The van der Waals surface area contributed by atoms with Gasteiger partial charge >= 0.3 is 0 Å². The van der Waals surface area contributed by atoms with Crippen LogP contribution in [0.15, 0.2) is 29.2 Å². The number of hydrogen-bond acceptors (Lipinski definition) is 4. The molecule has 2 rings (SSSR count). The third kappa shape index (κ3) is 1.87. The van der Waals surface area contributed by atoms with Crippen molar-refractivity contribution in [2.75, 3.05) is 7.11 Å². The molecule has 18 heavy (non-hydrogen) atoms. The average molecular weight is 265 g/mol. The lowest BCUT2D eigenvalue weighted by Crippen LogP contribution is -2.33. The summed E-state index contributed by atoms with van der Waals surface area (Å²) in [6.45, 7) is 0. The Bertz CT molecular complexity index is 563. The minimum absolute atomic E-state index is 0.201. The monoisotopic (exact) mass is 265 g/mol. The fourth-order valence-corrected chi connectivity index (χ4v) is 4.26. The van der Waals surface area contributed by atoms with Gasteiger partial charge < -0.3 is 4.74 Å². The molecule has 0 unspecified atom stereocenters. The smallest absolute Gasteiger partial charge is 0.197 e. The molecular weight excluding hydrogens is 250 g/mol. The van der Waals surface area contributed by atoms with Gasteiger partial charge in [-0.3, -0.25) is 0 Å². The summed E-state index contributed by atoms with van der Waals surface area (Å²) in [7, 11) is -2.07. The zero-order valence-electron chi connectivity index (χ0n) is 10.2. The van der Waals surface area contributed by atoms with Crippen LogP contribution in [-0.2, 0) is 9.84 Å². The Labute approximate surface area is 107 Å². The van der Waals surface area contributed by atoms with Gasteiger partial charge in [-0.1, -0.05) is 12.8 Å². The summed E-state index contributed by atoms with van der Waals surface area (Å²) in [5.41, 5.74) is 0. The quantitative estimate of drug-likeness (QED) is 0.841. The molecule has 0 aromatic heterocycles. The summed E-state index contributed by atoms with van der Waals surface area (Å²) < 4.78 is 28.8. The van der Waals surface area contributed by atoms with Crippen molar-refractivity contribution in [1.29, 1.82) is 5.26 Å². The molecule has 0 heterocycles. The van der Waals surface area contributed by atoms with E-state index in [9.17, 15) is 13.7 Å². The van der Waals surface area contributed by atoms with Crippen LogP contribution >= 0.6 is 0 Å². The van der Waals surface area contributed by atoms with Gasteiger partial charge in [0.15, 0.2) is 14.6 Å². The minimum atomic E-state index is -3.59. The topological polar surface area (TPSA) is 67.2 Å². The number of ether oxygens (including phenoxy) is 1. The van der Waals surface area contributed by atoms with Gasteiger partial charge in [0.05, 0.1) is 18.1 Å². The van der Waals surface area contributed by atoms with E-state index in [1.165, 1.54) is 19.2 Å². The van der Waals surface area contributed by atoms with Gasteiger partial charge in [-0.05, 0) is 37.1 Å². The molecule has 1 fully saturated rings. The van der Waals surface area contributed by atoms with Crippen LogP contribution in [0.3, 0.4) is 0 Å². The minimum Gasteiger partial charge on any atom is -0.497 e. The third-order valence-electron chi connectivity index (χ3n) is 3.50. The number of benzene rings is 1. The van der Waals surface area contributed by atoms with Gasteiger partial charge in [0.1, 0.15) is 5.75 Å². The molecule has 0 aliphatic heterocycles. The van der Waals surface area contributed by atoms with E-state index < -0.39 is 14.6 Å². The lowest BCUT2D eigenvalue weighted by molar-refractivity contribution is 0.414. The van der Waals surface area contributed by atoms with E-state index >= 15 is 0 Å². The molecule has 0 radical (unpaired) electrons. The van der Waals surface area contributed by atoms with Crippen LogP contribution < -0.4 is 4.74 Å². The normalized spacial score (nSPS) is 18.2. The second-order valence-corrected chi connectivity index (χ2v) is 6.75. The second kappa shape index (κ2) is 4.62. The SMILES string of the molecule is COc1ccc(S(=O)(=O)C2(C#N)CCCC2)cc1. The molecule has 0 bridgehead atoms. The lowest BCUT2D eigenvalue weighted by Gasteiger charge is -2.20. The molecule has 0 saturated heterocycles. The molecule has 96 valence electrons. The first-order valence-corrected chi connectivity index (χ1v) is 7.34. The molecule has 0 atom stereocenters. The van der Waals surface area contributed by atoms with Gasteiger partial charge in [0.25, 0.3) is 0 Å². The Morgan fingerprint density at radius 3 is 2.22 bits per heavy atom. The maximum atomic E-state index is 12.5. The Morgan fingerprint density at radius 1 is 1.22 bits per heavy atom. The van der Waals surface area contributed by atoms with Crippen LogP contribution in [0, 0.1) is 11.3 Å². The second-order valence-electron chi connectivity index (χ2n) is 4.49. The first-order valence-electron chi connectivity index (χ1n) is 5.86. The number of hydrogen-bond donors (Lipinski definition) is 0. The van der Waals surface area contributed by atoms with E-state index in [0.29, 0.717) is 18.6 Å². The van der Waals surface area contributed by atoms with Crippen LogP contribution in [0.1, 0.15) is 25.7 Å². The van der Waals surface area contributed by atoms with Crippen molar-refractivity contribution in [3.8, 4) is 11.8 Å². The van der Waals surface area contributed by atoms with Crippen LogP contribution in [0.2, 0.25) is 0 Å². The van der Waals surface area contributed by atoms with Crippen molar-refractivity contribution in [2.24, 2.45) is 0 Å². The highest BCUT2D eigenvalue weighted by molar-refractivity contribution is 7.93. The van der Waals surface area contributed by atoms with E-state index in [-0.39, 0.29) is 4.90 Å². The van der Waals surface area contributed by atoms with E-state index in [1.54, 1.807) is 12.1 Å². The van der Waals surface area contributed by atoms with Gasteiger partial charge in [-0.2, -0.15) is 5.26 Å². The largest absolute Gasteiger partial charge is 0.497 e. The van der Waals surface area contributed by atoms with Gasteiger partial charge in [0, 0.05) is 0 Å². The highest BCUT2D eigenvalue weighted by Crippen LogP contribution is 2.40. The molecule has 1 aromatic carbocycles. The first kappa shape index (κ1) is 12.9. The van der Waals surface area contributed by atoms with Gasteiger partial charge in [-0.15, -0.1) is 0 Å². The molecule has 5 heteroatoms. The third-order valence-corrected chi connectivity index (χ3v) is 5.92. The Kier molecular flexibility index (Phi) is 3.31. The van der Waals surface area contributed by atoms with Crippen LogP contribution in [0.25, 0.3) is 0 Å². The molecular formula is C13H15NO3S. The molecule has 4 nitrogen and oxygen atoms in total. The molecule has 1 aliphatic rings. The maximum absolute atomic E-state index is 12.5. The highest BCUT2D eigenvalue weighted by atomic mass is 32.2. The van der Waals surface area contributed by atoms with E-state index in [4.69, 9.17) is 4.74 Å². The standard InChI is InChI=1S/C13H15NO3S/c1-17-11-4-6-12(7-5-11)18(15,16)13(10-14)8-2-3-9-13/h4-7H,2-3,8-9H2,1H3. The summed E-state index contributed by atoms with van der Waals surface area (Å²) in [4.78, 5) is 0.201. The van der Waals surface area contributed by atoms with Crippen LogP contribution in [0.4, 0.5) is 0 Å². The fraction of sp³-hybridized carbons (Fsp3) is 0.462. The summed E-state index contributed by atoms with van der Waals surface area (Å²) >= 11 is 0. The van der Waals surface area contributed by atoms with Crippen molar-refractivity contribution in [1.82, 2.24) is 0 Å². The molecule has 1 aromatic rings. The summed E-state index contributed by atoms with van der Waals surface area (Å²) in [5, 5.41) is 9.26. The Morgan fingerprint density at radius 2 is 1.78 bits per heavy atom. The van der Waals surface area contributed by atoms with Crippen molar-refractivity contribution >= 4 is 9.84 Å². The van der Waals surface area contributed by atoms with E-state index in [2.05, 4.69) is 0 Å². The predicted octanol–water partition coefficient (Wildman–Crippen LogP) is 2.31. The zero-order chi connectivity index (χ0) is 13.2. The molecule has 1 saturated carbocycles. The van der Waals surface area contributed by atoms with Gasteiger partial charge in [-0.25, -0.2) is 8.42 Å². The Hall–Kier alpha value is -1.54. The Balaban J connectivity index is 2.44. The molecule has 1 aliphatic carbocycles. The number of nitrogens with zero attached hydrogens (tertiary/aromatic N) is 1. The van der Waals surface area contributed by atoms with E-state index in [0.717, 1.165) is 12.8 Å². The average Bonchev–Trinajstić information content (AvgIpc) is 2.89. The van der Waals surface area contributed by atoms with Gasteiger partial charge in [0.2, 0.25) is 0 Å². The summed E-state index contributed by atoms with van der Waals surface area (Å²) in [6.07, 6.45) is 2.45. The summed E-state index contributed by atoms with van der Waals surface area (Å²) in [5.74, 6) is 0.603. The fourth-order valence-electron chi connectivity index (χ4n) is 2.37. The summed E-state index contributed by atoms with van der Waals surface area (Å²) in [6, 6.07) is 8.24. The number of methoxy groups -OCH3 is 1.